The minimum atomic E-state index is -0.184. The summed E-state index contributed by atoms with van der Waals surface area (Å²) in [5.41, 5.74) is 1.65. The Labute approximate surface area is 124 Å². The van der Waals surface area contributed by atoms with E-state index in [0.717, 1.165) is 22.7 Å². The van der Waals surface area contributed by atoms with Crippen LogP contribution in [0.1, 0.15) is 5.56 Å². The highest BCUT2D eigenvalue weighted by atomic mass is 16.5. The van der Waals surface area contributed by atoms with Crippen molar-refractivity contribution in [1.29, 1.82) is 0 Å². The zero-order valence-electron chi connectivity index (χ0n) is 12.0. The highest BCUT2D eigenvalue weighted by Gasteiger charge is 1.98. The molecule has 2 aromatic rings. The van der Waals surface area contributed by atoms with Crippen molar-refractivity contribution < 1.29 is 14.3 Å². The van der Waals surface area contributed by atoms with Crippen molar-refractivity contribution in [3.8, 4) is 11.5 Å². The van der Waals surface area contributed by atoms with Gasteiger partial charge < -0.3 is 14.8 Å². The van der Waals surface area contributed by atoms with Gasteiger partial charge in [-0.2, -0.15) is 0 Å². The zero-order chi connectivity index (χ0) is 15.1. The summed E-state index contributed by atoms with van der Waals surface area (Å²) in [6.45, 7) is 0. The van der Waals surface area contributed by atoms with Crippen LogP contribution in [0.4, 0.5) is 5.69 Å². The van der Waals surface area contributed by atoms with Gasteiger partial charge in [-0.3, -0.25) is 4.79 Å². The molecule has 0 radical (unpaired) electrons. The lowest BCUT2D eigenvalue weighted by atomic mass is 10.2. The third-order valence-corrected chi connectivity index (χ3v) is 2.90. The maximum absolute atomic E-state index is 11.8. The van der Waals surface area contributed by atoms with Gasteiger partial charge in [0.05, 0.1) is 14.2 Å². The van der Waals surface area contributed by atoms with E-state index < -0.39 is 0 Å². The van der Waals surface area contributed by atoms with Gasteiger partial charge in [-0.05, 0) is 48.0 Å². The van der Waals surface area contributed by atoms with Crippen LogP contribution in [0.2, 0.25) is 0 Å². The number of carbonyl (C=O) groups is 1. The first-order chi connectivity index (χ1) is 10.2. The summed E-state index contributed by atoms with van der Waals surface area (Å²) < 4.78 is 10.1. The molecule has 0 fully saturated rings. The molecule has 2 rings (SSSR count). The zero-order valence-corrected chi connectivity index (χ0v) is 12.0. The third kappa shape index (κ3) is 4.38. The largest absolute Gasteiger partial charge is 0.497 e. The molecule has 0 bridgehead atoms. The minimum absolute atomic E-state index is 0.184. The molecule has 108 valence electrons. The molecule has 2 aromatic carbocycles. The second kappa shape index (κ2) is 7.14. The summed E-state index contributed by atoms with van der Waals surface area (Å²) in [7, 11) is 3.22. The second-order valence-corrected chi connectivity index (χ2v) is 4.32. The SMILES string of the molecule is COc1ccc(/C=C/C(=O)Nc2ccc(OC)cc2)cc1. The Kier molecular flexibility index (Phi) is 4.99. The van der Waals surface area contributed by atoms with Gasteiger partial charge >= 0.3 is 0 Å². The minimum Gasteiger partial charge on any atom is -0.497 e. The van der Waals surface area contributed by atoms with Crippen molar-refractivity contribution in [1.82, 2.24) is 0 Å². The fourth-order valence-electron chi connectivity index (χ4n) is 1.75. The predicted molar refractivity (Wildman–Crippen MR) is 83.7 cm³/mol. The molecule has 0 spiro atoms. The van der Waals surface area contributed by atoms with E-state index in [0.29, 0.717) is 0 Å². The van der Waals surface area contributed by atoms with Gasteiger partial charge in [0.25, 0.3) is 0 Å². The van der Waals surface area contributed by atoms with Gasteiger partial charge in [-0.15, -0.1) is 0 Å². The molecule has 0 aliphatic carbocycles. The van der Waals surface area contributed by atoms with Crippen molar-refractivity contribution in [3.63, 3.8) is 0 Å². The van der Waals surface area contributed by atoms with Crippen LogP contribution >= 0.6 is 0 Å². The quantitative estimate of drug-likeness (QED) is 0.856. The Hall–Kier alpha value is -2.75. The molecule has 0 aromatic heterocycles. The Balaban J connectivity index is 1.94. The van der Waals surface area contributed by atoms with Gasteiger partial charge in [0.1, 0.15) is 11.5 Å². The van der Waals surface area contributed by atoms with E-state index in [4.69, 9.17) is 9.47 Å². The molecule has 0 aliphatic rings. The van der Waals surface area contributed by atoms with E-state index in [2.05, 4.69) is 5.32 Å². The van der Waals surface area contributed by atoms with Crippen LogP contribution < -0.4 is 14.8 Å². The molecule has 0 unspecified atom stereocenters. The maximum Gasteiger partial charge on any atom is 0.248 e. The number of hydrogen-bond acceptors (Lipinski definition) is 3. The smallest absolute Gasteiger partial charge is 0.248 e. The van der Waals surface area contributed by atoms with E-state index in [1.807, 2.05) is 24.3 Å². The Bertz CT molecular complexity index is 615. The summed E-state index contributed by atoms with van der Waals surface area (Å²) >= 11 is 0. The van der Waals surface area contributed by atoms with E-state index in [1.165, 1.54) is 6.08 Å². The molecule has 0 atom stereocenters. The molecule has 1 amide bonds. The van der Waals surface area contributed by atoms with Crippen LogP contribution in [-0.2, 0) is 4.79 Å². The van der Waals surface area contributed by atoms with Crippen LogP contribution in [0, 0.1) is 0 Å². The number of nitrogens with one attached hydrogen (secondary N) is 1. The molecule has 0 saturated carbocycles. The third-order valence-electron chi connectivity index (χ3n) is 2.90. The average Bonchev–Trinajstić information content (AvgIpc) is 2.54. The van der Waals surface area contributed by atoms with Crippen LogP contribution in [0.5, 0.6) is 11.5 Å². The number of ether oxygens (including phenoxy) is 2. The van der Waals surface area contributed by atoms with Gasteiger partial charge in [-0.1, -0.05) is 12.1 Å². The van der Waals surface area contributed by atoms with Gasteiger partial charge in [0, 0.05) is 11.8 Å². The lowest BCUT2D eigenvalue weighted by molar-refractivity contribution is -0.111. The van der Waals surface area contributed by atoms with Crippen LogP contribution in [0.15, 0.2) is 54.6 Å². The van der Waals surface area contributed by atoms with E-state index in [9.17, 15) is 4.79 Å². The molecule has 0 aliphatic heterocycles. The summed E-state index contributed by atoms with van der Waals surface area (Å²) in [5.74, 6) is 1.35. The Morgan fingerprint density at radius 1 is 0.905 bits per heavy atom. The van der Waals surface area contributed by atoms with Crippen molar-refractivity contribution >= 4 is 17.7 Å². The highest BCUT2D eigenvalue weighted by molar-refractivity contribution is 6.01. The van der Waals surface area contributed by atoms with Crippen LogP contribution in [0.25, 0.3) is 6.08 Å². The first-order valence-corrected chi connectivity index (χ1v) is 6.48. The summed E-state index contributed by atoms with van der Waals surface area (Å²) in [4.78, 5) is 11.8. The molecule has 0 saturated heterocycles. The van der Waals surface area contributed by atoms with Gasteiger partial charge in [0.15, 0.2) is 0 Å². The fourth-order valence-corrected chi connectivity index (χ4v) is 1.75. The first-order valence-electron chi connectivity index (χ1n) is 6.48. The monoisotopic (exact) mass is 283 g/mol. The number of methoxy groups -OCH3 is 2. The standard InChI is InChI=1S/C17H17NO3/c1-20-15-8-3-13(4-9-15)5-12-17(19)18-14-6-10-16(21-2)11-7-14/h3-12H,1-2H3,(H,18,19)/b12-5+. The van der Waals surface area contributed by atoms with Crippen molar-refractivity contribution in [2.45, 2.75) is 0 Å². The Morgan fingerprint density at radius 2 is 1.43 bits per heavy atom. The molecule has 21 heavy (non-hydrogen) atoms. The lowest BCUT2D eigenvalue weighted by Gasteiger charge is -2.04. The number of benzene rings is 2. The Morgan fingerprint density at radius 3 is 1.95 bits per heavy atom. The number of rotatable bonds is 5. The summed E-state index contributed by atoms with van der Waals surface area (Å²) in [6, 6.07) is 14.6. The van der Waals surface area contributed by atoms with Crippen molar-refractivity contribution in [2.24, 2.45) is 0 Å². The number of hydrogen-bond donors (Lipinski definition) is 1. The highest BCUT2D eigenvalue weighted by Crippen LogP contribution is 2.15. The molecule has 4 heteroatoms. The van der Waals surface area contributed by atoms with Crippen LogP contribution in [-0.4, -0.2) is 20.1 Å². The normalized spacial score (nSPS) is 10.4. The second-order valence-electron chi connectivity index (χ2n) is 4.32. The van der Waals surface area contributed by atoms with Gasteiger partial charge in [0.2, 0.25) is 5.91 Å². The van der Waals surface area contributed by atoms with E-state index >= 15 is 0 Å². The number of amides is 1. The van der Waals surface area contributed by atoms with Gasteiger partial charge in [-0.25, -0.2) is 0 Å². The van der Waals surface area contributed by atoms with Crippen molar-refractivity contribution in [3.05, 3.63) is 60.2 Å². The predicted octanol–water partition coefficient (Wildman–Crippen LogP) is 3.36. The summed E-state index contributed by atoms with van der Waals surface area (Å²) in [6.07, 6.45) is 3.24. The van der Waals surface area contributed by atoms with E-state index in [1.54, 1.807) is 44.6 Å². The van der Waals surface area contributed by atoms with E-state index in [-0.39, 0.29) is 5.91 Å². The molecule has 1 N–H and O–H groups in total. The van der Waals surface area contributed by atoms with Crippen molar-refractivity contribution in [2.75, 3.05) is 19.5 Å². The molecular formula is C17H17NO3. The number of carbonyl (C=O) groups excluding carboxylic acids is 1. The molecule has 4 nitrogen and oxygen atoms in total. The average molecular weight is 283 g/mol. The maximum atomic E-state index is 11.8. The van der Waals surface area contributed by atoms with Crippen LogP contribution in [0.3, 0.4) is 0 Å². The molecule has 0 heterocycles. The topological polar surface area (TPSA) is 47.6 Å². The number of anilines is 1. The summed E-state index contributed by atoms with van der Waals surface area (Å²) in [5, 5.41) is 2.78. The first kappa shape index (κ1) is 14.7. The fraction of sp³-hybridized carbons (Fsp3) is 0.118. The lowest BCUT2D eigenvalue weighted by Crippen LogP contribution is -2.07. The molecular weight excluding hydrogens is 266 g/mol.